The molecule has 1 rings (SSSR count). The molecule has 96 valence electrons. The first-order valence-corrected chi connectivity index (χ1v) is 5.60. The minimum absolute atomic E-state index is 0.152. The van der Waals surface area contributed by atoms with E-state index in [0.29, 0.717) is 0 Å². The summed E-state index contributed by atoms with van der Waals surface area (Å²) in [5.74, 6) is -0.595. The van der Waals surface area contributed by atoms with Crippen LogP contribution in [0.4, 0.5) is 22.5 Å². The molecule has 0 saturated carbocycles. The van der Waals surface area contributed by atoms with Gasteiger partial charge in [0.15, 0.2) is 0 Å². The van der Waals surface area contributed by atoms with Crippen LogP contribution in [0.3, 0.4) is 0 Å². The van der Waals surface area contributed by atoms with E-state index in [9.17, 15) is 25.3 Å². The Labute approximate surface area is 94.8 Å². The largest absolute Gasteiger partial charge is 0.488 e. The first-order chi connectivity index (χ1) is 7.55. The Morgan fingerprint density at radius 2 is 1.82 bits per heavy atom. The van der Waals surface area contributed by atoms with Gasteiger partial charge in [-0.1, -0.05) is 15.8 Å². The SMILES string of the molecule is Nc1cc(C[B-](F)(F)F)cc(OS(=O)(=O)F)c1. The number of rotatable bonds is 4. The van der Waals surface area contributed by atoms with E-state index in [-0.39, 0.29) is 11.3 Å². The van der Waals surface area contributed by atoms with Crippen molar-refractivity contribution in [1.82, 2.24) is 0 Å². The van der Waals surface area contributed by atoms with E-state index in [4.69, 9.17) is 5.73 Å². The molecular weight excluding hydrogens is 265 g/mol. The summed E-state index contributed by atoms with van der Waals surface area (Å²) in [6, 6.07) is 2.68. The van der Waals surface area contributed by atoms with Gasteiger partial charge in [0.25, 0.3) is 0 Å². The Hall–Kier alpha value is -1.45. The van der Waals surface area contributed by atoms with Crippen molar-refractivity contribution in [2.45, 2.75) is 6.32 Å². The van der Waals surface area contributed by atoms with Crippen molar-refractivity contribution >= 4 is 23.2 Å². The van der Waals surface area contributed by atoms with Crippen LogP contribution in [-0.2, 0) is 16.8 Å². The molecule has 1 aromatic carbocycles. The van der Waals surface area contributed by atoms with E-state index < -0.39 is 29.6 Å². The predicted molar refractivity (Wildman–Crippen MR) is 54.3 cm³/mol. The second-order valence-electron chi connectivity index (χ2n) is 3.30. The Morgan fingerprint density at radius 3 is 2.29 bits per heavy atom. The van der Waals surface area contributed by atoms with E-state index in [1.165, 1.54) is 0 Å². The smallest absolute Gasteiger partial charge is 0.449 e. The van der Waals surface area contributed by atoms with Crippen LogP contribution < -0.4 is 9.92 Å². The highest BCUT2D eigenvalue weighted by Crippen LogP contribution is 2.24. The fourth-order valence-corrected chi connectivity index (χ4v) is 1.56. The Morgan fingerprint density at radius 1 is 1.24 bits per heavy atom. The van der Waals surface area contributed by atoms with Crippen LogP contribution in [-0.4, -0.2) is 15.4 Å². The second kappa shape index (κ2) is 4.44. The van der Waals surface area contributed by atoms with E-state index in [1.807, 2.05) is 0 Å². The zero-order valence-electron chi connectivity index (χ0n) is 8.24. The first kappa shape index (κ1) is 13.6. The van der Waals surface area contributed by atoms with Crippen LogP contribution in [0.15, 0.2) is 18.2 Å². The third-order valence-corrected chi connectivity index (χ3v) is 2.04. The van der Waals surface area contributed by atoms with Crippen molar-refractivity contribution in [1.29, 1.82) is 0 Å². The molecule has 10 heteroatoms. The monoisotopic (exact) mass is 272 g/mol. The van der Waals surface area contributed by atoms with Crippen LogP contribution in [0.2, 0.25) is 0 Å². The minimum atomic E-state index is -5.29. The van der Waals surface area contributed by atoms with Crippen LogP contribution in [0.25, 0.3) is 0 Å². The van der Waals surface area contributed by atoms with Gasteiger partial charge in [-0.15, -0.1) is 0 Å². The molecule has 0 aliphatic carbocycles. The highest BCUT2D eigenvalue weighted by atomic mass is 32.3. The molecule has 4 nitrogen and oxygen atoms in total. The summed E-state index contributed by atoms with van der Waals surface area (Å²) < 4.78 is 72.7. The summed E-state index contributed by atoms with van der Waals surface area (Å²) in [5.41, 5.74) is 4.79. The summed E-state index contributed by atoms with van der Waals surface area (Å²) in [6.45, 7) is -5.10. The molecule has 0 aliphatic heterocycles. The van der Waals surface area contributed by atoms with Gasteiger partial charge in [-0.3, -0.25) is 0 Å². The number of nitrogen functional groups attached to an aromatic ring is 1. The van der Waals surface area contributed by atoms with Crippen LogP contribution in [0, 0.1) is 0 Å². The quantitative estimate of drug-likeness (QED) is 0.392. The maximum absolute atomic E-state index is 12.2. The molecule has 0 aromatic heterocycles. The van der Waals surface area contributed by atoms with Gasteiger partial charge in [0.1, 0.15) is 5.75 Å². The van der Waals surface area contributed by atoms with Crippen LogP contribution in [0.5, 0.6) is 5.75 Å². The standard InChI is InChI=1S/C7H7BF4NO3S/c9-8(10,11)4-5-1-6(13)3-7(2-5)16-17(12,14)15/h1-3H,4,13H2/q-1. The number of hydrogen-bond acceptors (Lipinski definition) is 4. The zero-order chi connectivity index (χ0) is 13.3. The molecular formula is C7H7BF4NO3S-. The van der Waals surface area contributed by atoms with Gasteiger partial charge in [-0.25, -0.2) is 0 Å². The van der Waals surface area contributed by atoms with Crippen molar-refractivity contribution < 1.29 is 29.4 Å². The molecule has 0 amide bonds. The lowest BCUT2D eigenvalue weighted by Gasteiger charge is -2.14. The third-order valence-electron chi connectivity index (χ3n) is 1.65. The topological polar surface area (TPSA) is 69.4 Å². The van der Waals surface area contributed by atoms with Crippen molar-refractivity contribution in [2.75, 3.05) is 5.73 Å². The van der Waals surface area contributed by atoms with Gasteiger partial charge in [-0.05, 0) is 12.1 Å². The second-order valence-corrected chi connectivity index (χ2v) is 4.25. The predicted octanol–water partition coefficient (Wildman–Crippen LogP) is 1.79. The van der Waals surface area contributed by atoms with E-state index >= 15 is 0 Å². The molecule has 2 N–H and O–H groups in total. The molecule has 0 unspecified atom stereocenters. The van der Waals surface area contributed by atoms with Gasteiger partial charge in [0.05, 0.1) is 0 Å². The third kappa shape index (κ3) is 5.43. The van der Waals surface area contributed by atoms with Gasteiger partial charge in [0.2, 0.25) is 0 Å². The van der Waals surface area contributed by atoms with Gasteiger partial charge in [-0.2, -0.15) is 8.42 Å². The van der Waals surface area contributed by atoms with Gasteiger partial charge < -0.3 is 22.9 Å². The molecule has 1 aromatic rings. The fraction of sp³-hybridized carbons (Fsp3) is 0.143. The zero-order valence-corrected chi connectivity index (χ0v) is 9.06. The van der Waals surface area contributed by atoms with Crippen molar-refractivity contribution in [3.05, 3.63) is 23.8 Å². The van der Waals surface area contributed by atoms with Gasteiger partial charge >= 0.3 is 17.5 Å². The van der Waals surface area contributed by atoms with Crippen molar-refractivity contribution in [3.63, 3.8) is 0 Å². The Balaban J connectivity index is 3.03. The lowest BCUT2D eigenvalue weighted by molar-refractivity contribution is 0.440. The first-order valence-electron chi connectivity index (χ1n) is 4.30. The number of benzene rings is 1. The van der Waals surface area contributed by atoms with Crippen molar-refractivity contribution in [2.24, 2.45) is 0 Å². The van der Waals surface area contributed by atoms with Gasteiger partial charge in [0, 0.05) is 11.8 Å². The lowest BCUT2D eigenvalue weighted by Crippen LogP contribution is -2.19. The van der Waals surface area contributed by atoms with E-state index in [1.54, 1.807) is 0 Å². The molecule has 0 aliphatic rings. The van der Waals surface area contributed by atoms with E-state index in [2.05, 4.69) is 4.18 Å². The highest BCUT2D eigenvalue weighted by Gasteiger charge is 2.24. The average molecular weight is 272 g/mol. The molecule has 0 saturated heterocycles. The molecule has 0 atom stereocenters. The number of hydrogen-bond donors (Lipinski definition) is 1. The molecule has 0 radical (unpaired) electrons. The maximum atomic E-state index is 12.2. The van der Waals surface area contributed by atoms with Crippen molar-refractivity contribution in [3.8, 4) is 5.75 Å². The number of anilines is 1. The summed E-state index contributed by atoms with van der Waals surface area (Å²) in [4.78, 5) is 0. The molecule has 0 fully saturated rings. The molecule has 0 spiro atoms. The summed E-state index contributed by atoms with van der Waals surface area (Å²) in [5, 5.41) is 0. The number of halogens is 4. The summed E-state index contributed by atoms with van der Waals surface area (Å²) in [6.07, 6.45) is -1.26. The van der Waals surface area contributed by atoms with Crippen LogP contribution in [0.1, 0.15) is 5.56 Å². The number of nitrogens with two attached hydrogens (primary N) is 1. The molecule has 17 heavy (non-hydrogen) atoms. The normalized spacial score (nSPS) is 12.5. The summed E-state index contributed by atoms with van der Waals surface area (Å²) >= 11 is 0. The molecule has 0 heterocycles. The highest BCUT2D eigenvalue weighted by molar-refractivity contribution is 7.81. The molecule has 0 bridgehead atoms. The van der Waals surface area contributed by atoms with E-state index in [0.717, 1.165) is 18.2 Å². The Kier molecular flexibility index (Phi) is 3.55. The minimum Gasteiger partial charge on any atom is -0.449 e. The summed E-state index contributed by atoms with van der Waals surface area (Å²) in [7, 11) is -5.29. The van der Waals surface area contributed by atoms with Crippen LogP contribution >= 0.6 is 0 Å². The average Bonchev–Trinajstić information content (AvgIpc) is 1.93. The Bertz CT molecular complexity index is 516. The maximum Gasteiger partial charge on any atom is 0.488 e. The fourth-order valence-electron chi connectivity index (χ4n) is 1.23. The lowest BCUT2D eigenvalue weighted by atomic mass is 9.82.